The fourth-order valence-electron chi connectivity index (χ4n) is 1.62. The van der Waals surface area contributed by atoms with Crippen molar-refractivity contribution in [2.75, 3.05) is 7.05 Å². The van der Waals surface area contributed by atoms with Crippen LogP contribution in [0.4, 0.5) is 0 Å². The molecule has 1 rings (SSSR count). The van der Waals surface area contributed by atoms with E-state index in [0.717, 1.165) is 5.56 Å². The number of carbonyl (C=O) groups is 1. The van der Waals surface area contributed by atoms with Crippen molar-refractivity contribution in [3.05, 3.63) is 48.7 Å². The Balaban J connectivity index is 3.02. The smallest absolute Gasteiger partial charge is 0.305 e. The van der Waals surface area contributed by atoms with Gasteiger partial charge >= 0.3 is 5.97 Å². The molecular formula is C13H16N2O2. The van der Waals surface area contributed by atoms with E-state index in [0.29, 0.717) is 0 Å². The average Bonchev–Trinajstić information content (AvgIpc) is 2.34. The van der Waals surface area contributed by atoms with Gasteiger partial charge in [0.2, 0.25) is 0 Å². The van der Waals surface area contributed by atoms with Gasteiger partial charge in [-0.05, 0) is 11.8 Å². The van der Waals surface area contributed by atoms with Gasteiger partial charge in [-0.25, -0.2) is 0 Å². The lowest BCUT2D eigenvalue weighted by molar-refractivity contribution is -0.138. The summed E-state index contributed by atoms with van der Waals surface area (Å²) >= 11 is 0. The van der Waals surface area contributed by atoms with Crippen LogP contribution in [0.2, 0.25) is 0 Å². The Morgan fingerprint density at radius 3 is 2.65 bits per heavy atom. The maximum absolute atomic E-state index is 10.9. The summed E-state index contributed by atoms with van der Waals surface area (Å²) in [6.07, 6.45) is 3.16. The third-order valence-corrected chi connectivity index (χ3v) is 2.37. The number of hydrogen-bond acceptors (Lipinski definition) is 2. The summed E-state index contributed by atoms with van der Waals surface area (Å²) in [6, 6.07) is 9.17. The Hall–Kier alpha value is -2.10. The predicted octanol–water partition coefficient (Wildman–Crippen LogP) is 2.31. The fourth-order valence-corrected chi connectivity index (χ4v) is 1.62. The maximum Gasteiger partial charge on any atom is 0.305 e. The Bertz CT molecular complexity index is 401. The van der Waals surface area contributed by atoms with Crippen LogP contribution in [-0.2, 0) is 4.79 Å². The average molecular weight is 232 g/mol. The third kappa shape index (κ3) is 3.75. The molecule has 1 N–H and O–H groups in total. The second kappa shape index (κ2) is 6.48. The monoisotopic (exact) mass is 232 g/mol. The summed E-state index contributed by atoms with van der Waals surface area (Å²) in [7, 11) is 1.64. The normalized spacial score (nSPS) is 12.3. The van der Waals surface area contributed by atoms with Crippen LogP contribution in [-0.4, -0.2) is 29.4 Å². The van der Waals surface area contributed by atoms with Gasteiger partial charge in [-0.3, -0.25) is 9.79 Å². The van der Waals surface area contributed by atoms with Gasteiger partial charge in [0.05, 0.1) is 18.8 Å². The number of benzene rings is 1. The van der Waals surface area contributed by atoms with E-state index in [9.17, 15) is 4.79 Å². The van der Waals surface area contributed by atoms with Crippen LogP contribution in [0.15, 0.2) is 48.1 Å². The molecule has 0 aliphatic carbocycles. The van der Waals surface area contributed by atoms with E-state index in [1.165, 1.54) is 0 Å². The van der Waals surface area contributed by atoms with Crippen LogP contribution in [0.3, 0.4) is 0 Å². The zero-order valence-corrected chi connectivity index (χ0v) is 9.78. The lowest BCUT2D eigenvalue weighted by atomic mass is 10.0. The highest BCUT2D eigenvalue weighted by atomic mass is 16.4. The number of hydrogen-bond donors (Lipinski definition) is 1. The van der Waals surface area contributed by atoms with Gasteiger partial charge in [0.15, 0.2) is 0 Å². The van der Waals surface area contributed by atoms with Crippen LogP contribution in [0.25, 0.3) is 0 Å². The summed E-state index contributed by atoms with van der Waals surface area (Å²) in [5.74, 6) is -0.852. The standard InChI is InChI=1S/C13H16N2O2/c1-3-15(10-14-2)12(9-13(16)17)11-7-5-4-6-8-11/h3-8,10,12H,1,9H2,2H3,(H,16,17)/b14-10-. The van der Waals surface area contributed by atoms with Gasteiger partial charge in [0.25, 0.3) is 0 Å². The molecule has 0 saturated heterocycles. The molecule has 0 aromatic heterocycles. The highest BCUT2D eigenvalue weighted by Crippen LogP contribution is 2.23. The molecule has 0 heterocycles. The molecule has 0 spiro atoms. The largest absolute Gasteiger partial charge is 0.481 e. The molecule has 4 nitrogen and oxygen atoms in total. The molecule has 1 atom stereocenters. The quantitative estimate of drug-likeness (QED) is 0.605. The number of aliphatic carboxylic acids is 1. The van der Waals surface area contributed by atoms with Crippen molar-refractivity contribution in [1.82, 2.24) is 4.90 Å². The van der Waals surface area contributed by atoms with Gasteiger partial charge < -0.3 is 10.0 Å². The van der Waals surface area contributed by atoms with Gasteiger partial charge in [-0.1, -0.05) is 36.9 Å². The van der Waals surface area contributed by atoms with Crippen molar-refractivity contribution in [3.8, 4) is 0 Å². The predicted molar refractivity (Wildman–Crippen MR) is 67.9 cm³/mol. The van der Waals surface area contributed by atoms with E-state index in [1.807, 2.05) is 30.3 Å². The fraction of sp³-hybridized carbons (Fsp3) is 0.231. The number of carboxylic acids is 1. The molecule has 0 aliphatic rings. The first-order valence-corrected chi connectivity index (χ1v) is 5.28. The summed E-state index contributed by atoms with van der Waals surface area (Å²) in [6.45, 7) is 3.68. The van der Waals surface area contributed by atoms with Crippen LogP contribution in [0, 0.1) is 0 Å². The summed E-state index contributed by atoms with van der Waals surface area (Å²) in [4.78, 5) is 16.5. The first-order chi connectivity index (χ1) is 8.19. The molecule has 1 unspecified atom stereocenters. The van der Waals surface area contributed by atoms with Crippen molar-refractivity contribution in [3.63, 3.8) is 0 Å². The zero-order valence-electron chi connectivity index (χ0n) is 9.78. The zero-order chi connectivity index (χ0) is 12.7. The SMILES string of the molecule is C=CN(/C=N\C)C(CC(=O)O)c1ccccc1. The van der Waals surface area contributed by atoms with Crippen molar-refractivity contribution in [1.29, 1.82) is 0 Å². The Morgan fingerprint density at radius 2 is 2.18 bits per heavy atom. The molecule has 0 saturated carbocycles. The Kier molecular flexibility index (Phi) is 4.94. The topological polar surface area (TPSA) is 52.9 Å². The van der Waals surface area contributed by atoms with Crippen LogP contribution in [0.1, 0.15) is 18.0 Å². The first-order valence-electron chi connectivity index (χ1n) is 5.28. The second-order valence-electron chi connectivity index (χ2n) is 3.53. The summed E-state index contributed by atoms with van der Waals surface area (Å²) in [5.41, 5.74) is 0.926. The molecule has 0 aliphatic heterocycles. The van der Waals surface area contributed by atoms with E-state index in [1.54, 1.807) is 24.5 Å². The van der Waals surface area contributed by atoms with E-state index in [4.69, 9.17) is 5.11 Å². The number of rotatable bonds is 6. The lowest BCUT2D eigenvalue weighted by Crippen LogP contribution is -2.24. The minimum atomic E-state index is -0.852. The highest BCUT2D eigenvalue weighted by Gasteiger charge is 2.19. The summed E-state index contributed by atoms with van der Waals surface area (Å²) in [5, 5.41) is 8.95. The number of carboxylic acid groups (broad SMARTS) is 1. The molecule has 1 aromatic rings. The first kappa shape index (κ1) is 13.0. The molecule has 90 valence electrons. The van der Waals surface area contributed by atoms with E-state index in [-0.39, 0.29) is 12.5 Å². The van der Waals surface area contributed by atoms with Crippen LogP contribution < -0.4 is 0 Å². The molecule has 1 aromatic carbocycles. The lowest BCUT2D eigenvalue weighted by Gasteiger charge is -2.25. The van der Waals surface area contributed by atoms with Crippen LogP contribution >= 0.6 is 0 Å². The molecular weight excluding hydrogens is 216 g/mol. The molecule has 0 amide bonds. The number of aliphatic imine (C=N–C) groups is 1. The molecule has 17 heavy (non-hydrogen) atoms. The van der Waals surface area contributed by atoms with Gasteiger partial charge in [-0.2, -0.15) is 0 Å². The van der Waals surface area contributed by atoms with Crippen LogP contribution in [0.5, 0.6) is 0 Å². The maximum atomic E-state index is 10.9. The van der Waals surface area contributed by atoms with Crippen molar-refractivity contribution >= 4 is 12.3 Å². The number of nitrogens with zero attached hydrogens (tertiary/aromatic N) is 2. The Morgan fingerprint density at radius 1 is 1.53 bits per heavy atom. The second-order valence-corrected chi connectivity index (χ2v) is 3.53. The molecule has 0 bridgehead atoms. The minimum Gasteiger partial charge on any atom is -0.481 e. The van der Waals surface area contributed by atoms with E-state index < -0.39 is 5.97 Å². The molecule has 0 fully saturated rings. The van der Waals surface area contributed by atoms with Gasteiger partial charge in [0.1, 0.15) is 0 Å². The minimum absolute atomic E-state index is 0.00204. The van der Waals surface area contributed by atoms with Crippen molar-refractivity contribution in [2.45, 2.75) is 12.5 Å². The molecule has 0 radical (unpaired) electrons. The third-order valence-electron chi connectivity index (χ3n) is 2.37. The van der Waals surface area contributed by atoms with Gasteiger partial charge in [0, 0.05) is 7.05 Å². The van der Waals surface area contributed by atoms with E-state index >= 15 is 0 Å². The van der Waals surface area contributed by atoms with Crippen molar-refractivity contribution in [2.24, 2.45) is 4.99 Å². The van der Waals surface area contributed by atoms with Crippen molar-refractivity contribution < 1.29 is 9.90 Å². The molecule has 4 heteroatoms. The van der Waals surface area contributed by atoms with Gasteiger partial charge in [-0.15, -0.1) is 0 Å². The summed E-state index contributed by atoms with van der Waals surface area (Å²) < 4.78 is 0. The Labute approximate surface area is 101 Å². The van der Waals surface area contributed by atoms with E-state index in [2.05, 4.69) is 11.6 Å². The highest BCUT2D eigenvalue weighted by molar-refractivity contribution is 5.69.